The van der Waals surface area contributed by atoms with Gasteiger partial charge < -0.3 is 15.4 Å². The number of methoxy groups -OCH3 is 1. The summed E-state index contributed by atoms with van der Waals surface area (Å²) in [5.74, 6) is 1.43. The van der Waals surface area contributed by atoms with Crippen LogP contribution in [0.1, 0.15) is 22.9 Å². The number of halogens is 1. The second-order valence-electron chi connectivity index (χ2n) is 4.78. The lowest BCUT2D eigenvalue weighted by Gasteiger charge is -2.11. The minimum Gasteiger partial charge on any atom is -0.481 e. The van der Waals surface area contributed by atoms with E-state index in [9.17, 15) is 0 Å². The Bertz CT molecular complexity index is 613. The topological polar surface area (TPSA) is 58.5 Å². The van der Waals surface area contributed by atoms with E-state index in [0.717, 1.165) is 24.6 Å². The summed E-state index contributed by atoms with van der Waals surface area (Å²) in [5, 5.41) is 8.73. The van der Waals surface area contributed by atoms with Crippen molar-refractivity contribution in [1.82, 2.24) is 15.6 Å². The van der Waals surface area contributed by atoms with Crippen LogP contribution in [-0.4, -0.2) is 24.6 Å². The number of hydrogen-bond acceptors (Lipinski definition) is 4. The van der Waals surface area contributed by atoms with Gasteiger partial charge in [-0.05, 0) is 36.4 Å². The van der Waals surface area contributed by atoms with E-state index in [1.807, 2.05) is 12.1 Å². The molecule has 0 unspecified atom stereocenters. The van der Waals surface area contributed by atoms with Crippen LogP contribution < -0.4 is 15.4 Å². The van der Waals surface area contributed by atoms with Crippen molar-refractivity contribution in [2.45, 2.75) is 26.9 Å². The first-order chi connectivity index (χ1) is 10.7. The van der Waals surface area contributed by atoms with Gasteiger partial charge in [-0.2, -0.15) is 0 Å². The van der Waals surface area contributed by atoms with E-state index in [-0.39, 0.29) is 24.0 Å². The molecular weight excluding hydrogens is 423 g/mol. The molecule has 2 rings (SSSR count). The van der Waals surface area contributed by atoms with E-state index in [4.69, 9.17) is 4.74 Å². The highest BCUT2D eigenvalue weighted by Gasteiger charge is 2.02. The van der Waals surface area contributed by atoms with Crippen LogP contribution >= 0.6 is 35.3 Å². The van der Waals surface area contributed by atoms with Gasteiger partial charge in [-0.3, -0.25) is 0 Å². The first-order valence-corrected chi connectivity index (χ1v) is 8.15. The van der Waals surface area contributed by atoms with E-state index < -0.39 is 0 Å². The number of thiophene rings is 1. The molecule has 0 aromatic carbocycles. The lowest BCUT2D eigenvalue weighted by atomic mass is 10.3. The van der Waals surface area contributed by atoms with Gasteiger partial charge in [0.1, 0.15) is 0 Å². The van der Waals surface area contributed by atoms with Crippen LogP contribution in [0.25, 0.3) is 0 Å². The van der Waals surface area contributed by atoms with Gasteiger partial charge in [0.05, 0.1) is 20.2 Å². The number of nitrogens with zero attached hydrogens (tertiary/aromatic N) is 2. The molecule has 126 valence electrons. The predicted molar refractivity (Wildman–Crippen MR) is 107 cm³/mol. The zero-order valence-corrected chi connectivity index (χ0v) is 16.8. The number of ether oxygens (including phenoxy) is 1. The molecule has 2 aromatic heterocycles. The van der Waals surface area contributed by atoms with Gasteiger partial charge in [-0.1, -0.05) is 6.07 Å². The highest BCUT2D eigenvalue weighted by Crippen LogP contribution is 2.14. The van der Waals surface area contributed by atoms with Crippen LogP contribution in [0.5, 0.6) is 5.88 Å². The molecule has 0 saturated heterocycles. The second-order valence-corrected chi connectivity index (χ2v) is 5.78. The van der Waals surface area contributed by atoms with Crippen molar-refractivity contribution in [2.24, 2.45) is 4.99 Å². The Morgan fingerprint density at radius 1 is 1.30 bits per heavy atom. The third-order valence-corrected chi connectivity index (χ3v) is 4.18. The summed E-state index contributed by atoms with van der Waals surface area (Å²) < 4.78 is 5.05. The number of guanidine groups is 1. The molecule has 0 amide bonds. The second kappa shape index (κ2) is 10.4. The van der Waals surface area contributed by atoms with Crippen LogP contribution in [-0.2, 0) is 13.1 Å². The lowest BCUT2D eigenvalue weighted by Crippen LogP contribution is -2.36. The molecule has 2 N–H and O–H groups in total. The Kier molecular flexibility index (Phi) is 8.93. The maximum atomic E-state index is 5.05. The summed E-state index contributed by atoms with van der Waals surface area (Å²) in [4.78, 5) is 10.1. The highest BCUT2D eigenvalue weighted by atomic mass is 127. The molecule has 23 heavy (non-hydrogen) atoms. The normalized spacial score (nSPS) is 10.8. The number of aryl methyl sites for hydroxylation is 1. The summed E-state index contributed by atoms with van der Waals surface area (Å²) in [5.41, 5.74) is 2.36. The molecule has 0 fully saturated rings. The Hall–Kier alpha value is -1.35. The maximum absolute atomic E-state index is 5.05. The largest absolute Gasteiger partial charge is 0.481 e. The monoisotopic (exact) mass is 446 g/mol. The van der Waals surface area contributed by atoms with Crippen molar-refractivity contribution in [3.63, 3.8) is 0 Å². The molecule has 0 saturated carbocycles. The van der Waals surface area contributed by atoms with Crippen molar-refractivity contribution in [3.8, 4) is 5.88 Å². The van der Waals surface area contributed by atoms with Gasteiger partial charge in [0.15, 0.2) is 5.96 Å². The van der Waals surface area contributed by atoms with Gasteiger partial charge in [0.2, 0.25) is 5.88 Å². The molecule has 0 aliphatic carbocycles. The fourth-order valence-corrected chi connectivity index (χ4v) is 2.73. The maximum Gasteiger partial charge on any atom is 0.212 e. The van der Waals surface area contributed by atoms with Gasteiger partial charge >= 0.3 is 0 Å². The molecule has 0 atom stereocenters. The van der Waals surface area contributed by atoms with E-state index in [1.165, 1.54) is 10.4 Å². The lowest BCUT2D eigenvalue weighted by molar-refractivity contribution is 0.397. The van der Waals surface area contributed by atoms with Crippen molar-refractivity contribution in [2.75, 3.05) is 13.7 Å². The molecule has 5 nitrogen and oxygen atoms in total. The van der Waals surface area contributed by atoms with Crippen LogP contribution in [0.3, 0.4) is 0 Å². The average molecular weight is 446 g/mol. The predicted octanol–water partition coefficient (Wildman–Crippen LogP) is 3.33. The molecule has 0 aliphatic heterocycles. The van der Waals surface area contributed by atoms with Gasteiger partial charge in [0.25, 0.3) is 0 Å². The number of aromatic nitrogens is 1. The minimum absolute atomic E-state index is 0. The fourth-order valence-electron chi connectivity index (χ4n) is 1.89. The number of rotatable bonds is 6. The summed E-state index contributed by atoms with van der Waals surface area (Å²) in [6, 6.07) is 5.96. The van der Waals surface area contributed by atoms with E-state index in [1.54, 1.807) is 24.6 Å². The van der Waals surface area contributed by atoms with Gasteiger partial charge in [-0.25, -0.2) is 9.98 Å². The number of nitrogens with one attached hydrogen (secondary N) is 2. The SMILES string of the molecule is CCNC(=NCc1ccc(OC)nc1)NCc1sccc1C.I. The van der Waals surface area contributed by atoms with Crippen LogP contribution in [0.15, 0.2) is 34.8 Å². The van der Waals surface area contributed by atoms with E-state index in [2.05, 4.69) is 45.9 Å². The smallest absolute Gasteiger partial charge is 0.212 e. The van der Waals surface area contributed by atoms with Crippen LogP contribution in [0.4, 0.5) is 0 Å². The molecule has 7 heteroatoms. The molecule has 0 aliphatic rings. The summed E-state index contributed by atoms with van der Waals surface area (Å²) >= 11 is 1.76. The summed E-state index contributed by atoms with van der Waals surface area (Å²) in [7, 11) is 1.61. The standard InChI is InChI=1S/C16H22N4OS.HI/c1-4-17-16(20-11-14-12(2)7-8-22-14)19-10-13-5-6-15(21-3)18-9-13;/h5-9H,4,10-11H2,1-3H3,(H2,17,19,20);1H. The third kappa shape index (κ3) is 6.34. The van der Waals surface area contributed by atoms with Crippen LogP contribution in [0.2, 0.25) is 0 Å². The van der Waals surface area contributed by atoms with Crippen molar-refractivity contribution < 1.29 is 4.74 Å². The number of aliphatic imine (C=N–C) groups is 1. The van der Waals surface area contributed by atoms with E-state index >= 15 is 0 Å². The Morgan fingerprint density at radius 2 is 2.13 bits per heavy atom. The molecular formula is C16H23IN4OS. The first kappa shape index (κ1) is 19.7. The van der Waals surface area contributed by atoms with Gasteiger partial charge in [-0.15, -0.1) is 35.3 Å². The molecule has 0 bridgehead atoms. The third-order valence-electron chi connectivity index (χ3n) is 3.16. The zero-order chi connectivity index (χ0) is 15.8. The summed E-state index contributed by atoms with van der Waals surface area (Å²) in [6.45, 7) is 6.38. The summed E-state index contributed by atoms with van der Waals surface area (Å²) in [6.07, 6.45) is 1.79. The first-order valence-electron chi connectivity index (χ1n) is 7.27. The van der Waals surface area contributed by atoms with Crippen LogP contribution in [0, 0.1) is 6.92 Å². The number of pyridine rings is 1. The fraction of sp³-hybridized carbons (Fsp3) is 0.375. The van der Waals surface area contributed by atoms with Crippen molar-refractivity contribution in [1.29, 1.82) is 0 Å². The average Bonchev–Trinajstić information content (AvgIpc) is 2.96. The van der Waals surface area contributed by atoms with E-state index in [0.29, 0.717) is 12.4 Å². The molecule has 0 spiro atoms. The molecule has 2 heterocycles. The van der Waals surface area contributed by atoms with Crippen molar-refractivity contribution in [3.05, 3.63) is 45.8 Å². The highest BCUT2D eigenvalue weighted by molar-refractivity contribution is 14.0. The minimum atomic E-state index is 0. The Balaban J connectivity index is 0.00000264. The Morgan fingerprint density at radius 3 is 2.70 bits per heavy atom. The molecule has 0 radical (unpaired) electrons. The molecule has 2 aromatic rings. The van der Waals surface area contributed by atoms with Crippen molar-refractivity contribution >= 4 is 41.3 Å². The van der Waals surface area contributed by atoms with Gasteiger partial charge in [0, 0.05) is 23.7 Å². The quantitative estimate of drug-likeness (QED) is 0.406. The zero-order valence-electron chi connectivity index (χ0n) is 13.6. The number of hydrogen-bond donors (Lipinski definition) is 2. The Labute approximate surface area is 158 Å².